The molecule has 0 aliphatic rings. The molecule has 0 spiro atoms. The summed E-state index contributed by atoms with van der Waals surface area (Å²) in [7, 11) is 3.18. The first-order chi connectivity index (χ1) is 11.2. The number of halogens is 1. The van der Waals surface area contributed by atoms with Crippen LogP contribution in [0.15, 0.2) is 29.6 Å². The number of carbonyl (C=O) groups is 1. The van der Waals surface area contributed by atoms with E-state index in [4.69, 9.17) is 9.47 Å². The summed E-state index contributed by atoms with van der Waals surface area (Å²) in [6.07, 6.45) is 0. The van der Waals surface area contributed by atoms with Crippen molar-refractivity contribution >= 4 is 17.2 Å². The van der Waals surface area contributed by atoms with Crippen molar-refractivity contribution in [2.45, 2.75) is 0 Å². The average Bonchev–Trinajstić information content (AvgIpc) is 3.05. The van der Waals surface area contributed by atoms with Crippen LogP contribution in [0.1, 0.15) is 10.5 Å². The van der Waals surface area contributed by atoms with Crippen LogP contribution in [0.25, 0.3) is 10.6 Å². The van der Waals surface area contributed by atoms with Crippen molar-refractivity contribution in [3.8, 4) is 10.6 Å². The molecule has 1 heterocycles. The zero-order chi connectivity index (χ0) is 16.7. The number of nitrogens with zero attached hydrogens (tertiary/aromatic N) is 2. The normalized spacial score (nSPS) is 10.7. The van der Waals surface area contributed by atoms with Gasteiger partial charge >= 0.3 is 0 Å². The molecular formula is C16H19FN2O3S. The maximum Gasteiger partial charge on any atom is 0.273 e. The molecule has 2 rings (SSSR count). The first kappa shape index (κ1) is 17.5. The topological polar surface area (TPSA) is 51.7 Å². The zero-order valence-electron chi connectivity index (χ0n) is 13.1. The Morgan fingerprint density at radius 2 is 1.78 bits per heavy atom. The van der Waals surface area contributed by atoms with Crippen molar-refractivity contribution in [1.82, 2.24) is 9.88 Å². The first-order valence-corrected chi connectivity index (χ1v) is 8.02. The van der Waals surface area contributed by atoms with Crippen LogP contribution in [0, 0.1) is 5.82 Å². The van der Waals surface area contributed by atoms with E-state index in [0.29, 0.717) is 37.0 Å². The van der Waals surface area contributed by atoms with E-state index < -0.39 is 0 Å². The fraction of sp³-hybridized carbons (Fsp3) is 0.375. The fourth-order valence-corrected chi connectivity index (χ4v) is 2.78. The second-order valence-corrected chi connectivity index (χ2v) is 5.68. The van der Waals surface area contributed by atoms with Gasteiger partial charge in [-0.2, -0.15) is 0 Å². The lowest BCUT2D eigenvalue weighted by atomic mass is 10.2. The molecule has 0 saturated carbocycles. The Kier molecular flexibility index (Phi) is 6.64. The monoisotopic (exact) mass is 338 g/mol. The Morgan fingerprint density at radius 1 is 1.17 bits per heavy atom. The van der Waals surface area contributed by atoms with E-state index in [1.807, 2.05) is 0 Å². The van der Waals surface area contributed by atoms with E-state index in [-0.39, 0.29) is 11.7 Å². The van der Waals surface area contributed by atoms with Crippen LogP contribution in [0.3, 0.4) is 0 Å². The number of thiazole rings is 1. The van der Waals surface area contributed by atoms with Crippen LogP contribution in [-0.4, -0.2) is 56.3 Å². The standard InChI is InChI=1S/C16H19FN2O3S/c1-21-9-7-19(8-10-22-2)16(20)14-11-23-15(18-14)12-3-5-13(17)6-4-12/h3-6,11H,7-10H2,1-2H3. The smallest absolute Gasteiger partial charge is 0.273 e. The molecule has 0 fully saturated rings. The van der Waals surface area contributed by atoms with Crippen LogP contribution >= 0.6 is 11.3 Å². The van der Waals surface area contributed by atoms with Gasteiger partial charge in [-0.25, -0.2) is 9.37 Å². The molecule has 7 heteroatoms. The summed E-state index contributed by atoms with van der Waals surface area (Å²) < 4.78 is 23.0. The predicted octanol–water partition coefficient (Wildman–Crippen LogP) is 2.68. The summed E-state index contributed by atoms with van der Waals surface area (Å²) in [5.41, 5.74) is 1.16. The number of ether oxygens (including phenoxy) is 2. The van der Waals surface area contributed by atoms with Crippen molar-refractivity contribution in [3.63, 3.8) is 0 Å². The number of rotatable bonds is 8. The van der Waals surface area contributed by atoms with Crippen molar-refractivity contribution in [2.75, 3.05) is 40.5 Å². The van der Waals surface area contributed by atoms with Gasteiger partial charge in [0.05, 0.1) is 13.2 Å². The second kappa shape index (κ2) is 8.71. The number of amides is 1. The molecule has 124 valence electrons. The summed E-state index contributed by atoms with van der Waals surface area (Å²) in [5, 5.41) is 2.40. The Hall–Kier alpha value is -1.83. The van der Waals surface area contributed by atoms with Crippen molar-refractivity contribution < 1.29 is 18.7 Å². The Bertz CT molecular complexity index is 623. The second-order valence-electron chi connectivity index (χ2n) is 4.82. The molecule has 0 unspecified atom stereocenters. The minimum Gasteiger partial charge on any atom is -0.383 e. The van der Waals surface area contributed by atoms with E-state index in [0.717, 1.165) is 5.56 Å². The summed E-state index contributed by atoms with van der Waals surface area (Å²) in [6.45, 7) is 1.85. The van der Waals surface area contributed by atoms with E-state index in [1.165, 1.54) is 23.5 Å². The minimum atomic E-state index is -0.299. The summed E-state index contributed by atoms with van der Waals surface area (Å²) in [6, 6.07) is 6.05. The lowest BCUT2D eigenvalue weighted by Crippen LogP contribution is -2.36. The molecule has 0 atom stereocenters. The lowest BCUT2D eigenvalue weighted by molar-refractivity contribution is 0.0622. The third kappa shape index (κ3) is 4.82. The maximum atomic E-state index is 13.0. The highest BCUT2D eigenvalue weighted by atomic mass is 32.1. The van der Waals surface area contributed by atoms with E-state index in [9.17, 15) is 9.18 Å². The molecule has 5 nitrogen and oxygen atoms in total. The van der Waals surface area contributed by atoms with E-state index >= 15 is 0 Å². The third-order valence-electron chi connectivity index (χ3n) is 3.23. The van der Waals surface area contributed by atoms with Gasteiger partial charge in [-0.1, -0.05) is 0 Å². The van der Waals surface area contributed by atoms with E-state index in [2.05, 4.69) is 4.98 Å². The molecular weight excluding hydrogens is 319 g/mol. The fourth-order valence-electron chi connectivity index (χ4n) is 1.98. The van der Waals surface area contributed by atoms with Crippen LogP contribution in [0.4, 0.5) is 4.39 Å². The SMILES string of the molecule is COCCN(CCOC)C(=O)c1csc(-c2ccc(F)cc2)n1. The summed E-state index contributed by atoms with van der Waals surface area (Å²) in [4.78, 5) is 18.6. The molecule has 0 aliphatic heterocycles. The van der Waals surface area contributed by atoms with Gasteiger partial charge in [0.15, 0.2) is 0 Å². The molecule has 0 bridgehead atoms. The number of aromatic nitrogens is 1. The van der Waals surface area contributed by atoms with Gasteiger partial charge in [-0.3, -0.25) is 4.79 Å². The largest absolute Gasteiger partial charge is 0.383 e. The maximum absolute atomic E-state index is 13.0. The van der Waals surface area contributed by atoms with Crippen LogP contribution in [0.2, 0.25) is 0 Å². The van der Waals surface area contributed by atoms with Gasteiger partial charge in [0.1, 0.15) is 16.5 Å². The van der Waals surface area contributed by atoms with Crippen LogP contribution in [-0.2, 0) is 9.47 Å². The quantitative estimate of drug-likeness (QED) is 0.743. The molecule has 23 heavy (non-hydrogen) atoms. The van der Waals surface area contributed by atoms with Gasteiger partial charge in [0.25, 0.3) is 5.91 Å². The molecule has 0 N–H and O–H groups in total. The Balaban J connectivity index is 2.12. The average molecular weight is 338 g/mol. The number of carbonyl (C=O) groups excluding carboxylic acids is 1. The van der Waals surface area contributed by atoms with Crippen molar-refractivity contribution in [1.29, 1.82) is 0 Å². The predicted molar refractivity (Wildman–Crippen MR) is 87.2 cm³/mol. The van der Waals surface area contributed by atoms with Crippen molar-refractivity contribution in [2.24, 2.45) is 0 Å². The van der Waals surface area contributed by atoms with Crippen molar-refractivity contribution in [3.05, 3.63) is 41.2 Å². The zero-order valence-corrected chi connectivity index (χ0v) is 13.9. The summed E-state index contributed by atoms with van der Waals surface area (Å²) >= 11 is 1.36. The van der Waals surface area contributed by atoms with Gasteiger partial charge in [0, 0.05) is 38.3 Å². The molecule has 2 aromatic rings. The highest BCUT2D eigenvalue weighted by Gasteiger charge is 2.19. The Labute approximate surface area is 138 Å². The first-order valence-electron chi connectivity index (χ1n) is 7.14. The van der Waals surface area contributed by atoms with Gasteiger partial charge in [-0.15, -0.1) is 11.3 Å². The molecule has 0 radical (unpaired) electrons. The minimum absolute atomic E-state index is 0.163. The summed E-state index contributed by atoms with van der Waals surface area (Å²) in [5.74, 6) is -0.462. The number of methoxy groups -OCH3 is 2. The Morgan fingerprint density at radius 3 is 2.35 bits per heavy atom. The third-order valence-corrected chi connectivity index (χ3v) is 4.12. The van der Waals surface area contributed by atoms with Gasteiger partial charge in [0.2, 0.25) is 0 Å². The van der Waals surface area contributed by atoms with Gasteiger partial charge < -0.3 is 14.4 Å². The highest BCUT2D eigenvalue weighted by Crippen LogP contribution is 2.24. The highest BCUT2D eigenvalue weighted by molar-refractivity contribution is 7.13. The molecule has 1 aromatic heterocycles. The van der Waals surface area contributed by atoms with Crippen LogP contribution < -0.4 is 0 Å². The molecule has 0 saturated heterocycles. The van der Waals surface area contributed by atoms with E-state index in [1.54, 1.807) is 36.6 Å². The molecule has 1 amide bonds. The number of hydrogen-bond donors (Lipinski definition) is 0. The van der Waals surface area contributed by atoms with Gasteiger partial charge in [-0.05, 0) is 24.3 Å². The number of hydrogen-bond acceptors (Lipinski definition) is 5. The number of benzene rings is 1. The van der Waals surface area contributed by atoms with Crippen LogP contribution in [0.5, 0.6) is 0 Å². The molecule has 1 aromatic carbocycles. The lowest BCUT2D eigenvalue weighted by Gasteiger charge is -2.20. The molecule has 0 aliphatic carbocycles.